The highest BCUT2D eigenvalue weighted by atomic mass is 35.5. The van der Waals surface area contributed by atoms with Gasteiger partial charge in [-0.3, -0.25) is 4.57 Å². The summed E-state index contributed by atoms with van der Waals surface area (Å²) in [5.74, 6) is 0. The average molecular weight is 312 g/mol. The van der Waals surface area contributed by atoms with Crippen molar-refractivity contribution in [2.45, 2.75) is 42.0 Å². The van der Waals surface area contributed by atoms with Gasteiger partial charge in [-0.15, -0.1) is 5.10 Å². The van der Waals surface area contributed by atoms with E-state index in [2.05, 4.69) is 10.2 Å². The highest BCUT2D eigenvalue weighted by molar-refractivity contribution is 7.99. The van der Waals surface area contributed by atoms with Crippen LogP contribution in [0.3, 0.4) is 0 Å². The molecule has 3 rings (SSSR count). The number of rotatable bonds is 4. The van der Waals surface area contributed by atoms with Crippen LogP contribution in [0.15, 0.2) is 33.0 Å². The zero-order chi connectivity index (χ0) is 14.3. The van der Waals surface area contributed by atoms with Crippen molar-refractivity contribution < 1.29 is 5.11 Å². The van der Waals surface area contributed by atoms with Crippen molar-refractivity contribution in [2.75, 3.05) is 0 Å². The Bertz CT molecular complexity index is 691. The Balaban J connectivity index is 1.90. The Morgan fingerprint density at radius 3 is 2.90 bits per heavy atom. The number of H-pyrrole nitrogens is 1. The summed E-state index contributed by atoms with van der Waals surface area (Å²) >= 11 is 7.58. The standard InChI is InChI=1S/C13H14ClN3O2S/c1-7(18)8-2-5-11(10(14)6-8)20-13-16-15-12(19)17(13)9-3-4-9/h2,5-7,9,18H,3-4H2,1H3,(H,15,19)/t7-/m1/s1. The molecular weight excluding hydrogens is 298 g/mol. The molecule has 106 valence electrons. The number of aliphatic hydroxyl groups excluding tert-OH is 1. The molecule has 2 aromatic rings. The number of benzene rings is 1. The van der Waals surface area contributed by atoms with Gasteiger partial charge in [-0.05, 0) is 49.2 Å². The van der Waals surface area contributed by atoms with E-state index in [9.17, 15) is 9.90 Å². The minimum Gasteiger partial charge on any atom is -0.389 e. The molecule has 1 aromatic heterocycles. The molecule has 1 heterocycles. The number of hydrogen-bond donors (Lipinski definition) is 2. The van der Waals surface area contributed by atoms with Gasteiger partial charge in [0.15, 0.2) is 5.16 Å². The first-order valence-electron chi connectivity index (χ1n) is 6.38. The lowest BCUT2D eigenvalue weighted by Crippen LogP contribution is -2.16. The molecule has 1 aliphatic carbocycles. The van der Waals surface area contributed by atoms with Crippen LogP contribution >= 0.6 is 23.4 Å². The SMILES string of the molecule is C[C@@H](O)c1ccc(Sc2n[nH]c(=O)n2C2CC2)c(Cl)c1. The molecule has 1 atom stereocenters. The van der Waals surface area contributed by atoms with Gasteiger partial charge in [-0.25, -0.2) is 9.89 Å². The van der Waals surface area contributed by atoms with Crippen molar-refractivity contribution in [3.63, 3.8) is 0 Å². The summed E-state index contributed by atoms with van der Waals surface area (Å²) in [6.07, 6.45) is 1.48. The van der Waals surface area contributed by atoms with Gasteiger partial charge in [0.1, 0.15) is 0 Å². The van der Waals surface area contributed by atoms with E-state index in [1.165, 1.54) is 11.8 Å². The molecule has 0 bridgehead atoms. The van der Waals surface area contributed by atoms with Crippen LogP contribution < -0.4 is 5.69 Å². The van der Waals surface area contributed by atoms with Gasteiger partial charge in [-0.1, -0.05) is 17.7 Å². The monoisotopic (exact) mass is 311 g/mol. The van der Waals surface area contributed by atoms with Crippen molar-refractivity contribution in [3.05, 3.63) is 39.3 Å². The fourth-order valence-corrected chi connectivity index (χ4v) is 3.19. The van der Waals surface area contributed by atoms with Gasteiger partial charge in [0.25, 0.3) is 0 Å². The van der Waals surface area contributed by atoms with E-state index >= 15 is 0 Å². The summed E-state index contributed by atoms with van der Waals surface area (Å²) in [6, 6.07) is 5.66. The zero-order valence-corrected chi connectivity index (χ0v) is 12.4. The summed E-state index contributed by atoms with van der Waals surface area (Å²) in [5, 5.41) is 17.2. The molecule has 1 aromatic carbocycles. The fourth-order valence-electron chi connectivity index (χ4n) is 1.98. The van der Waals surface area contributed by atoms with E-state index in [4.69, 9.17) is 11.6 Å². The minimum atomic E-state index is -0.554. The molecule has 0 radical (unpaired) electrons. The molecule has 20 heavy (non-hydrogen) atoms. The van der Waals surface area contributed by atoms with Crippen molar-refractivity contribution in [2.24, 2.45) is 0 Å². The number of halogens is 1. The Morgan fingerprint density at radius 2 is 2.30 bits per heavy atom. The molecule has 1 fully saturated rings. The number of nitrogens with one attached hydrogen (secondary N) is 1. The molecule has 2 N–H and O–H groups in total. The largest absolute Gasteiger partial charge is 0.389 e. The lowest BCUT2D eigenvalue weighted by atomic mass is 10.1. The van der Waals surface area contributed by atoms with E-state index in [-0.39, 0.29) is 11.7 Å². The maximum atomic E-state index is 11.7. The molecular formula is C13H14ClN3O2S. The highest BCUT2D eigenvalue weighted by Gasteiger charge is 2.29. The summed E-state index contributed by atoms with van der Waals surface area (Å²) in [5.41, 5.74) is 0.590. The van der Waals surface area contributed by atoms with Gasteiger partial charge >= 0.3 is 5.69 Å². The van der Waals surface area contributed by atoms with E-state index in [0.29, 0.717) is 10.2 Å². The lowest BCUT2D eigenvalue weighted by Gasteiger charge is -2.09. The molecule has 0 spiro atoms. The van der Waals surface area contributed by atoms with E-state index in [0.717, 1.165) is 23.3 Å². The first-order chi connectivity index (χ1) is 9.56. The van der Waals surface area contributed by atoms with Crippen LogP contribution in [0.4, 0.5) is 0 Å². The maximum absolute atomic E-state index is 11.7. The quantitative estimate of drug-likeness (QED) is 0.911. The molecule has 7 heteroatoms. The highest BCUT2D eigenvalue weighted by Crippen LogP contribution is 2.39. The van der Waals surface area contributed by atoms with Gasteiger partial charge in [0.05, 0.1) is 11.1 Å². The summed E-state index contributed by atoms with van der Waals surface area (Å²) in [6.45, 7) is 1.69. The van der Waals surface area contributed by atoms with Crippen molar-refractivity contribution in [1.82, 2.24) is 14.8 Å². The maximum Gasteiger partial charge on any atom is 0.344 e. The Hall–Kier alpha value is -1.24. The third-order valence-electron chi connectivity index (χ3n) is 3.22. The molecule has 1 aliphatic rings. The first-order valence-corrected chi connectivity index (χ1v) is 7.58. The molecule has 5 nitrogen and oxygen atoms in total. The Morgan fingerprint density at radius 1 is 1.55 bits per heavy atom. The molecule has 0 unspecified atom stereocenters. The first kappa shape index (κ1) is 13.7. The van der Waals surface area contributed by atoms with Crippen LogP contribution in [-0.2, 0) is 0 Å². The predicted octanol–water partition coefficient (Wildman–Crippen LogP) is 2.76. The zero-order valence-electron chi connectivity index (χ0n) is 10.8. The van der Waals surface area contributed by atoms with Crippen LogP contribution in [0.1, 0.15) is 37.5 Å². The van der Waals surface area contributed by atoms with Crippen molar-refractivity contribution in [1.29, 1.82) is 0 Å². The molecule has 0 saturated heterocycles. The second kappa shape index (κ2) is 5.27. The van der Waals surface area contributed by atoms with E-state index in [1.54, 1.807) is 17.6 Å². The minimum absolute atomic E-state index is 0.174. The third kappa shape index (κ3) is 2.63. The van der Waals surface area contributed by atoms with Gasteiger partial charge < -0.3 is 5.11 Å². The van der Waals surface area contributed by atoms with Crippen molar-refractivity contribution >= 4 is 23.4 Å². The second-order valence-corrected chi connectivity index (χ2v) is 6.30. The lowest BCUT2D eigenvalue weighted by molar-refractivity contribution is 0.199. The summed E-state index contributed by atoms with van der Waals surface area (Å²) in [4.78, 5) is 12.5. The number of aliphatic hydroxyl groups is 1. The van der Waals surface area contributed by atoms with Gasteiger partial charge in [-0.2, -0.15) is 0 Å². The molecule has 1 saturated carbocycles. The topological polar surface area (TPSA) is 70.9 Å². The second-order valence-electron chi connectivity index (χ2n) is 4.88. The number of hydrogen-bond acceptors (Lipinski definition) is 4. The van der Waals surface area contributed by atoms with Crippen LogP contribution in [-0.4, -0.2) is 19.9 Å². The average Bonchev–Trinajstić information content (AvgIpc) is 3.17. The van der Waals surface area contributed by atoms with Gasteiger partial charge in [0.2, 0.25) is 0 Å². The number of aromatic amines is 1. The van der Waals surface area contributed by atoms with Crippen LogP contribution in [0.5, 0.6) is 0 Å². The van der Waals surface area contributed by atoms with E-state index < -0.39 is 6.10 Å². The van der Waals surface area contributed by atoms with Crippen LogP contribution in [0.2, 0.25) is 5.02 Å². The van der Waals surface area contributed by atoms with Crippen molar-refractivity contribution in [3.8, 4) is 0 Å². The fraction of sp³-hybridized carbons (Fsp3) is 0.385. The number of aromatic nitrogens is 3. The van der Waals surface area contributed by atoms with Crippen LogP contribution in [0.25, 0.3) is 0 Å². The normalized spacial score (nSPS) is 16.4. The van der Waals surface area contributed by atoms with E-state index in [1.807, 2.05) is 12.1 Å². The summed E-state index contributed by atoms with van der Waals surface area (Å²) < 4.78 is 1.68. The Labute approximate surface area is 125 Å². The Kier molecular flexibility index (Phi) is 3.62. The van der Waals surface area contributed by atoms with Crippen LogP contribution in [0, 0.1) is 0 Å². The molecule has 0 amide bonds. The smallest absolute Gasteiger partial charge is 0.344 e. The predicted molar refractivity (Wildman–Crippen MR) is 77.3 cm³/mol. The van der Waals surface area contributed by atoms with Gasteiger partial charge in [0, 0.05) is 10.9 Å². The molecule has 0 aliphatic heterocycles. The third-order valence-corrected chi connectivity index (χ3v) is 4.69. The number of nitrogens with zero attached hydrogens (tertiary/aromatic N) is 2. The summed E-state index contributed by atoms with van der Waals surface area (Å²) in [7, 11) is 0.